The maximum Gasteiger partial charge on any atom is 0.124 e. The molecule has 0 unspecified atom stereocenters. The van der Waals surface area contributed by atoms with E-state index >= 15 is 0 Å². The molecule has 0 radical (unpaired) electrons. The molecule has 1 N–H and O–H groups in total. The Balaban J connectivity index is 2.13. The lowest BCUT2D eigenvalue weighted by molar-refractivity contribution is 0.282. The lowest BCUT2D eigenvalue weighted by atomic mass is 10.2. The fraction of sp³-hybridized carbons (Fsp3) is 0.0714. The lowest BCUT2D eigenvalue weighted by Crippen LogP contribution is -1.80. The van der Waals surface area contributed by atoms with Crippen LogP contribution in [0.3, 0.4) is 0 Å². The molecule has 1 aromatic heterocycles. The van der Waals surface area contributed by atoms with Crippen LogP contribution < -0.4 is 0 Å². The number of nitrogens with zero attached hydrogens (tertiary/aromatic N) is 1. The highest BCUT2D eigenvalue weighted by molar-refractivity contribution is 14.1. The average Bonchev–Trinajstić information content (AvgIpc) is 2.81. The van der Waals surface area contributed by atoms with Crippen molar-refractivity contribution in [1.29, 1.82) is 0 Å². The summed E-state index contributed by atoms with van der Waals surface area (Å²) in [6.45, 7) is 0.0758. The van der Waals surface area contributed by atoms with Gasteiger partial charge >= 0.3 is 0 Å². The summed E-state index contributed by atoms with van der Waals surface area (Å²) in [4.78, 5) is 4.63. The van der Waals surface area contributed by atoms with Crippen molar-refractivity contribution in [3.05, 3.63) is 51.6 Å². The average molecular weight is 367 g/mol. The molecule has 0 aliphatic carbocycles. The molecule has 1 heterocycles. The van der Waals surface area contributed by atoms with E-state index in [9.17, 15) is 0 Å². The first-order valence-electron chi connectivity index (χ1n) is 5.52. The molecule has 90 valence electrons. The molecule has 2 aromatic carbocycles. The number of rotatable bonds is 2. The maximum absolute atomic E-state index is 9.14. The summed E-state index contributed by atoms with van der Waals surface area (Å²) < 4.78 is 2.33. The molecule has 3 aromatic rings. The first-order valence-corrected chi connectivity index (χ1v) is 7.42. The molecular formula is C14H10INOS. The Morgan fingerprint density at radius 1 is 1.17 bits per heavy atom. The van der Waals surface area contributed by atoms with Gasteiger partial charge in [0, 0.05) is 9.13 Å². The van der Waals surface area contributed by atoms with E-state index in [1.807, 2.05) is 24.3 Å². The number of aliphatic hydroxyl groups is 1. The number of aromatic nitrogens is 1. The van der Waals surface area contributed by atoms with Gasteiger partial charge in [-0.3, -0.25) is 0 Å². The van der Waals surface area contributed by atoms with E-state index in [-0.39, 0.29) is 6.61 Å². The Labute approximate surface area is 122 Å². The minimum atomic E-state index is 0.0758. The summed E-state index contributed by atoms with van der Waals surface area (Å²) in [5.74, 6) is 0. The predicted molar refractivity (Wildman–Crippen MR) is 83.7 cm³/mol. The summed E-state index contributed by atoms with van der Waals surface area (Å²) in [5.41, 5.74) is 3.07. The Bertz CT molecular complexity index is 708. The van der Waals surface area contributed by atoms with Gasteiger partial charge in [0.05, 0.1) is 16.8 Å². The molecule has 0 amide bonds. The zero-order valence-corrected chi connectivity index (χ0v) is 12.4. The number of hydrogen-bond donors (Lipinski definition) is 1. The molecule has 2 nitrogen and oxygen atoms in total. The number of thiazole rings is 1. The van der Waals surface area contributed by atoms with Crippen LogP contribution in [0.25, 0.3) is 20.8 Å². The van der Waals surface area contributed by atoms with Gasteiger partial charge < -0.3 is 5.11 Å². The van der Waals surface area contributed by atoms with E-state index < -0.39 is 0 Å². The normalized spacial score (nSPS) is 11.0. The highest BCUT2D eigenvalue weighted by Gasteiger charge is 2.07. The monoisotopic (exact) mass is 367 g/mol. The van der Waals surface area contributed by atoms with Gasteiger partial charge in [-0.25, -0.2) is 4.98 Å². The number of benzene rings is 2. The van der Waals surface area contributed by atoms with Crippen molar-refractivity contribution in [2.75, 3.05) is 0 Å². The van der Waals surface area contributed by atoms with Crippen LogP contribution in [0.2, 0.25) is 0 Å². The van der Waals surface area contributed by atoms with Crippen LogP contribution in [0.15, 0.2) is 42.5 Å². The van der Waals surface area contributed by atoms with Gasteiger partial charge in [0.15, 0.2) is 0 Å². The van der Waals surface area contributed by atoms with E-state index in [2.05, 4.69) is 45.8 Å². The first kappa shape index (κ1) is 12.1. The third-order valence-corrected chi connectivity index (χ3v) is 4.45. The summed E-state index contributed by atoms with van der Waals surface area (Å²) in [7, 11) is 0. The van der Waals surface area contributed by atoms with E-state index in [1.165, 1.54) is 3.57 Å². The van der Waals surface area contributed by atoms with Crippen molar-refractivity contribution in [1.82, 2.24) is 4.98 Å². The predicted octanol–water partition coefficient (Wildman–Crippen LogP) is 4.06. The van der Waals surface area contributed by atoms with Crippen molar-refractivity contribution in [2.24, 2.45) is 0 Å². The Hall–Kier alpha value is -0.980. The smallest absolute Gasteiger partial charge is 0.124 e. The fourth-order valence-corrected chi connectivity index (χ4v) is 3.38. The van der Waals surface area contributed by atoms with Crippen molar-refractivity contribution in [3.63, 3.8) is 0 Å². The molecular weight excluding hydrogens is 357 g/mol. The minimum absolute atomic E-state index is 0.0758. The van der Waals surface area contributed by atoms with E-state index in [0.29, 0.717) is 0 Å². The molecule has 0 fully saturated rings. The van der Waals surface area contributed by atoms with Gasteiger partial charge in [-0.15, -0.1) is 11.3 Å². The standard InChI is InChI=1S/C14H10INOS/c15-11-3-1-2-10(7-11)14-16-12-5-4-9(8-17)6-13(12)18-14/h1-7,17H,8H2. The van der Waals surface area contributed by atoms with Crippen molar-refractivity contribution in [2.45, 2.75) is 6.61 Å². The summed E-state index contributed by atoms with van der Waals surface area (Å²) in [6, 6.07) is 14.2. The topological polar surface area (TPSA) is 33.1 Å². The summed E-state index contributed by atoms with van der Waals surface area (Å²) in [5, 5.41) is 10.2. The van der Waals surface area contributed by atoms with Gasteiger partial charge in [-0.1, -0.05) is 18.2 Å². The number of aliphatic hydroxyl groups excluding tert-OH is 1. The van der Waals surface area contributed by atoms with Crippen LogP contribution in [0.1, 0.15) is 5.56 Å². The zero-order valence-electron chi connectivity index (χ0n) is 9.43. The number of fused-ring (bicyclic) bond motifs is 1. The Morgan fingerprint density at radius 3 is 2.83 bits per heavy atom. The molecule has 0 atom stereocenters. The second-order valence-corrected chi connectivity index (χ2v) is 6.27. The SMILES string of the molecule is OCc1ccc2nc(-c3cccc(I)c3)sc2c1. The fourth-order valence-electron chi connectivity index (χ4n) is 1.81. The molecule has 18 heavy (non-hydrogen) atoms. The third kappa shape index (κ3) is 2.28. The quantitative estimate of drug-likeness (QED) is 0.693. The Kier molecular flexibility index (Phi) is 3.32. The first-order chi connectivity index (χ1) is 8.76. The molecule has 0 aliphatic heterocycles. The lowest BCUT2D eigenvalue weighted by Gasteiger charge is -1.95. The second kappa shape index (κ2) is 4.95. The summed E-state index contributed by atoms with van der Waals surface area (Å²) >= 11 is 3.97. The van der Waals surface area contributed by atoms with E-state index in [1.54, 1.807) is 11.3 Å². The molecule has 0 bridgehead atoms. The van der Waals surface area contributed by atoms with Crippen LogP contribution in [0.5, 0.6) is 0 Å². The zero-order chi connectivity index (χ0) is 12.5. The molecule has 3 rings (SSSR count). The molecule has 0 saturated carbocycles. The number of halogens is 1. The van der Waals surface area contributed by atoms with Crippen LogP contribution in [0, 0.1) is 3.57 Å². The van der Waals surface area contributed by atoms with Gasteiger partial charge in [0.1, 0.15) is 5.01 Å². The van der Waals surface area contributed by atoms with Crippen LogP contribution >= 0.6 is 33.9 Å². The van der Waals surface area contributed by atoms with Gasteiger partial charge in [-0.2, -0.15) is 0 Å². The van der Waals surface area contributed by atoms with Gasteiger partial charge in [0.2, 0.25) is 0 Å². The maximum atomic E-state index is 9.14. The molecule has 0 spiro atoms. The second-order valence-electron chi connectivity index (χ2n) is 3.99. The molecule has 0 saturated heterocycles. The van der Waals surface area contributed by atoms with Crippen LogP contribution in [-0.4, -0.2) is 10.1 Å². The van der Waals surface area contributed by atoms with E-state index in [4.69, 9.17) is 5.11 Å². The largest absolute Gasteiger partial charge is 0.392 e. The minimum Gasteiger partial charge on any atom is -0.392 e. The highest BCUT2D eigenvalue weighted by Crippen LogP contribution is 2.31. The molecule has 4 heteroatoms. The van der Waals surface area contributed by atoms with Crippen LogP contribution in [-0.2, 0) is 6.61 Å². The van der Waals surface area contributed by atoms with Crippen molar-refractivity contribution >= 4 is 44.1 Å². The number of hydrogen-bond acceptors (Lipinski definition) is 3. The van der Waals surface area contributed by atoms with Crippen LogP contribution in [0.4, 0.5) is 0 Å². The highest BCUT2D eigenvalue weighted by atomic mass is 127. The van der Waals surface area contributed by atoms with Gasteiger partial charge in [-0.05, 0) is 52.4 Å². The van der Waals surface area contributed by atoms with E-state index in [0.717, 1.165) is 26.4 Å². The Morgan fingerprint density at radius 2 is 2.06 bits per heavy atom. The van der Waals surface area contributed by atoms with Gasteiger partial charge in [0.25, 0.3) is 0 Å². The van der Waals surface area contributed by atoms with Crippen molar-refractivity contribution in [3.8, 4) is 10.6 Å². The van der Waals surface area contributed by atoms with Crippen molar-refractivity contribution < 1.29 is 5.11 Å². The summed E-state index contributed by atoms with van der Waals surface area (Å²) in [6.07, 6.45) is 0. The molecule has 0 aliphatic rings. The third-order valence-electron chi connectivity index (χ3n) is 2.71.